The Balaban J connectivity index is 2.60. The fourth-order valence-electron chi connectivity index (χ4n) is 5.78. The van der Waals surface area contributed by atoms with Crippen LogP contribution in [0.5, 0.6) is 0 Å². The number of benzene rings is 1. The fraction of sp³-hybridized carbons (Fsp3) is 0.717. The standard InChI is InChI=1S/C46H77NO7/c1-10-13-14-15-16-17-18-19-20-21-22-23-24-25-26-27-29-42(48)52-35-38(37-54-44(50)51-31-28-30-47(11-2)12-3)36-53-43(49)39-32-40(45(4,5)6)34-41(33-39)46(7,8)9/h16-17,19-20,32-34,38H,10-15,18,21-31,35-37H2,1-9H3/b17-16-,20-19-. The van der Waals surface area contributed by atoms with Crippen molar-refractivity contribution in [2.75, 3.05) is 46.1 Å². The third kappa shape index (κ3) is 23.6. The second kappa shape index (κ2) is 28.3. The first kappa shape index (κ1) is 48.9. The predicted octanol–water partition coefficient (Wildman–Crippen LogP) is 11.7. The van der Waals surface area contributed by atoms with E-state index in [9.17, 15) is 14.4 Å². The first-order valence-corrected chi connectivity index (χ1v) is 21.0. The van der Waals surface area contributed by atoms with Gasteiger partial charge in [0.25, 0.3) is 0 Å². The first-order chi connectivity index (χ1) is 25.7. The molecule has 1 atom stereocenters. The Kier molecular flexibility index (Phi) is 25.6. The molecule has 0 radical (unpaired) electrons. The Labute approximate surface area is 329 Å². The van der Waals surface area contributed by atoms with Crippen molar-refractivity contribution in [3.63, 3.8) is 0 Å². The molecule has 0 aliphatic carbocycles. The van der Waals surface area contributed by atoms with Gasteiger partial charge in [-0.2, -0.15) is 0 Å². The molecule has 8 heteroatoms. The van der Waals surface area contributed by atoms with E-state index in [1.54, 1.807) is 0 Å². The molecule has 1 rings (SSSR count). The number of allylic oxidation sites excluding steroid dienone is 4. The summed E-state index contributed by atoms with van der Waals surface area (Å²) < 4.78 is 22.0. The zero-order valence-electron chi connectivity index (χ0n) is 35.8. The van der Waals surface area contributed by atoms with Gasteiger partial charge in [0.2, 0.25) is 0 Å². The van der Waals surface area contributed by atoms with Crippen LogP contribution in [-0.2, 0) is 34.6 Å². The van der Waals surface area contributed by atoms with Gasteiger partial charge in [0.15, 0.2) is 0 Å². The molecule has 0 amide bonds. The lowest BCUT2D eigenvalue weighted by molar-refractivity contribution is -0.146. The average molecular weight is 756 g/mol. The van der Waals surface area contributed by atoms with Crippen molar-refractivity contribution in [3.05, 3.63) is 59.2 Å². The molecule has 1 aromatic carbocycles. The van der Waals surface area contributed by atoms with Crippen LogP contribution in [0.15, 0.2) is 42.5 Å². The van der Waals surface area contributed by atoms with Crippen molar-refractivity contribution < 1.29 is 33.3 Å². The summed E-state index contributed by atoms with van der Waals surface area (Å²) in [6, 6.07) is 5.91. The van der Waals surface area contributed by atoms with Crippen molar-refractivity contribution in [3.8, 4) is 0 Å². The minimum absolute atomic E-state index is 0.0290. The number of nitrogens with zero attached hydrogens (tertiary/aromatic N) is 1. The monoisotopic (exact) mass is 756 g/mol. The van der Waals surface area contributed by atoms with Gasteiger partial charge in [0, 0.05) is 13.0 Å². The Morgan fingerprint density at radius 2 is 1.17 bits per heavy atom. The summed E-state index contributed by atoms with van der Waals surface area (Å²) in [6.07, 6.45) is 22.9. The quantitative estimate of drug-likeness (QED) is 0.0361. The van der Waals surface area contributed by atoms with E-state index >= 15 is 0 Å². The smallest absolute Gasteiger partial charge is 0.465 e. The average Bonchev–Trinajstić information content (AvgIpc) is 3.13. The molecule has 0 bridgehead atoms. The Morgan fingerprint density at radius 3 is 1.74 bits per heavy atom. The second-order valence-corrected chi connectivity index (χ2v) is 16.6. The molecule has 0 fully saturated rings. The van der Waals surface area contributed by atoms with E-state index in [1.165, 1.54) is 38.5 Å². The number of ether oxygens (including phenoxy) is 4. The minimum Gasteiger partial charge on any atom is -0.465 e. The highest BCUT2D eigenvalue weighted by Crippen LogP contribution is 2.30. The van der Waals surface area contributed by atoms with Gasteiger partial charge in [-0.3, -0.25) is 4.79 Å². The number of hydrogen-bond acceptors (Lipinski definition) is 8. The van der Waals surface area contributed by atoms with Gasteiger partial charge in [-0.15, -0.1) is 0 Å². The molecule has 0 aliphatic rings. The van der Waals surface area contributed by atoms with Crippen LogP contribution in [0.3, 0.4) is 0 Å². The van der Waals surface area contributed by atoms with Gasteiger partial charge in [-0.1, -0.05) is 131 Å². The van der Waals surface area contributed by atoms with Gasteiger partial charge in [0.05, 0.1) is 18.1 Å². The lowest BCUT2D eigenvalue weighted by Gasteiger charge is -2.26. The van der Waals surface area contributed by atoms with Gasteiger partial charge < -0.3 is 23.8 Å². The van der Waals surface area contributed by atoms with E-state index < -0.39 is 18.0 Å². The lowest BCUT2D eigenvalue weighted by Crippen LogP contribution is -2.27. The Morgan fingerprint density at radius 1 is 0.630 bits per heavy atom. The maximum Gasteiger partial charge on any atom is 0.508 e. The highest BCUT2D eigenvalue weighted by atomic mass is 16.7. The SMILES string of the molecule is CCCCC/C=C\C/C=C\CCCCCCCCC(=O)OCC(COC(=O)OCCCN(CC)CC)COC(=O)c1cc(C(C)(C)C)cc(C(C)(C)C)c1. The summed E-state index contributed by atoms with van der Waals surface area (Å²) in [7, 11) is 0. The van der Waals surface area contributed by atoms with Crippen molar-refractivity contribution in [2.24, 2.45) is 5.92 Å². The molecule has 54 heavy (non-hydrogen) atoms. The summed E-state index contributed by atoms with van der Waals surface area (Å²) in [5.41, 5.74) is 2.24. The highest BCUT2D eigenvalue weighted by Gasteiger charge is 2.24. The number of esters is 2. The van der Waals surface area contributed by atoms with Crippen molar-refractivity contribution in [1.82, 2.24) is 4.90 Å². The highest BCUT2D eigenvalue weighted by molar-refractivity contribution is 5.90. The number of carbonyl (C=O) groups excluding carboxylic acids is 3. The van der Waals surface area contributed by atoms with Gasteiger partial charge in [-0.25, -0.2) is 9.59 Å². The molecule has 0 saturated carbocycles. The van der Waals surface area contributed by atoms with E-state index in [4.69, 9.17) is 18.9 Å². The van der Waals surface area contributed by atoms with Crippen molar-refractivity contribution in [1.29, 1.82) is 0 Å². The third-order valence-electron chi connectivity index (χ3n) is 9.58. The summed E-state index contributed by atoms with van der Waals surface area (Å²) in [6.45, 7) is 21.9. The molecule has 308 valence electrons. The fourth-order valence-corrected chi connectivity index (χ4v) is 5.78. The van der Waals surface area contributed by atoms with E-state index in [-0.39, 0.29) is 43.2 Å². The van der Waals surface area contributed by atoms with Crippen LogP contribution in [0, 0.1) is 5.92 Å². The Bertz CT molecular complexity index is 1200. The summed E-state index contributed by atoms with van der Waals surface area (Å²) >= 11 is 0. The van der Waals surface area contributed by atoms with Crippen LogP contribution in [0.1, 0.15) is 174 Å². The van der Waals surface area contributed by atoms with Crippen LogP contribution >= 0.6 is 0 Å². The van der Waals surface area contributed by atoms with E-state index in [2.05, 4.69) is 97.6 Å². The van der Waals surface area contributed by atoms with Crippen molar-refractivity contribution in [2.45, 2.75) is 163 Å². The second-order valence-electron chi connectivity index (χ2n) is 16.6. The number of rotatable bonds is 28. The van der Waals surface area contributed by atoms with E-state index in [1.807, 2.05) is 12.1 Å². The molecule has 0 saturated heterocycles. The van der Waals surface area contributed by atoms with Gasteiger partial charge >= 0.3 is 18.1 Å². The molecule has 1 aromatic rings. The van der Waals surface area contributed by atoms with E-state index in [0.717, 1.165) is 69.3 Å². The molecule has 0 spiro atoms. The van der Waals surface area contributed by atoms with Crippen LogP contribution in [0.2, 0.25) is 0 Å². The minimum atomic E-state index is -0.786. The third-order valence-corrected chi connectivity index (χ3v) is 9.58. The largest absolute Gasteiger partial charge is 0.508 e. The Hall–Kier alpha value is -3.13. The predicted molar refractivity (Wildman–Crippen MR) is 222 cm³/mol. The topological polar surface area (TPSA) is 91.4 Å². The zero-order chi connectivity index (χ0) is 40.2. The number of hydrogen-bond donors (Lipinski definition) is 0. The van der Waals surface area contributed by atoms with Crippen LogP contribution < -0.4 is 0 Å². The van der Waals surface area contributed by atoms with Crippen molar-refractivity contribution >= 4 is 18.1 Å². The maximum absolute atomic E-state index is 13.4. The summed E-state index contributed by atoms with van der Waals surface area (Å²) in [5, 5.41) is 0. The number of carbonyl (C=O) groups is 3. The van der Waals surface area contributed by atoms with Gasteiger partial charge in [0.1, 0.15) is 19.8 Å². The molecular formula is C46H77NO7. The molecule has 0 aliphatic heterocycles. The van der Waals surface area contributed by atoms with E-state index in [0.29, 0.717) is 18.4 Å². The van der Waals surface area contributed by atoms with Crippen LogP contribution in [0.4, 0.5) is 4.79 Å². The molecule has 1 unspecified atom stereocenters. The summed E-state index contributed by atoms with van der Waals surface area (Å²) in [5.74, 6) is -1.31. The molecule has 8 nitrogen and oxygen atoms in total. The van der Waals surface area contributed by atoms with Crippen LogP contribution in [0.25, 0.3) is 0 Å². The first-order valence-electron chi connectivity index (χ1n) is 21.0. The number of unbranched alkanes of at least 4 members (excludes halogenated alkanes) is 9. The molecular weight excluding hydrogens is 679 g/mol. The zero-order valence-corrected chi connectivity index (χ0v) is 35.8. The molecule has 0 aromatic heterocycles. The summed E-state index contributed by atoms with van der Waals surface area (Å²) in [4.78, 5) is 40.7. The lowest BCUT2D eigenvalue weighted by atomic mass is 9.79. The van der Waals surface area contributed by atoms with Gasteiger partial charge in [-0.05, 0) is 92.1 Å². The van der Waals surface area contributed by atoms with Crippen LogP contribution in [-0.4, -0.2) is 69.1 Å². The molecule has 0 heterocycles. The maximum atomic E-state index is 13.4. The normalized spacial score (nSPS) is 12.8. The molecule has 0 N–H and O–H groups in total.